The normalized spacial score (nSPS) is 12.4. The smallest absolute Gasteiger partial charge is 0.245 e. The van der Waals surface area contributed by atoms with E-state index in [1.165, 1.54) is 5.56 Å². The van der Waals surface area contributed by atoms with Crippen molar-refractivity contribution in [3.63, 3.8) is 0 Å². The Balaban J connectivity index is 1.99. The zero-order valence-electron chi connectivity index (χ0n) is 13.3. The van der Waals surface area contributed by atoms with E-state index in [1.807, 2.05) is 45.5 Å². The lowest BCUT2D eigenvalue weighted by atomic mass is 10.1. The number of hydrogen-bond acceptors (Lipinski definition) is 3. The molecule has 6 nitrogen and oxygen atoms in total. The predicted octanol–water partition coefficient (Wildman–Crippen LogP) is 1.79. The van der Waals surface area contributed by atoms with Crippen LogP contribution >= 0.6 is 0 Å². The number of amides is 1. The molecule has 114 valence electrons. The first kappa shape index (κ1) is 15.3. The van der Waals surface area contributed by atoms with Gasteiger partial charge in [-0.3, -0.25) is 9.89 Å². The number of carbonyl (C=O) groups excluding carboxylic acids is 1. The Morgan fingerprint density at radius 2 is 2.14 bits per heavy atom. The lowest BCUT2D eigenvalue weighted by Gasteiger charge is -2.23. The minimum atomic E-state index is -0.232. The fourth-order valence-corrected chi connectivity index (χ4v) is 2.57. The highest BCUT2D eigenvalue weighted by Crippen LogP contribution is 2.14. The standard InChI is InChI=1S/C15H23N5O/c1-10-14(11(2)18-17-10)6-8-19(5)15(21)12(3)20-9-7-16-13(20)4/h7,9,12H,6,8H2,1-5H3,(H,17,18). The van der Waals surface area contributed by atoms with Gasteiger partial charge < -0.3 is 9.47 Å². The van der Waals surface area contributed by atoms with Gasteiger partial charge in [-0.05, 0) is 39.7 Å². The number of hydrogen-bond donors (Lipinski definition) is 1. The SMILES string of the molecule is Cc1n[nH]c(C)c1CCN(C)C(=O)C(C)n1ccnc1C. The van der Waals surface area contributed by atoms with E-state index < -0.39 is 0 Å². The number of carbonyl (C=O) groups is 1. The first-order valence-corrected chi connectivity index (χ1v) is 7.16. The summed E-state index contributed by atoms with van der Waals surface area (Å²) in [5.41, 5.74) is 3.28. The van der Waals surface area contributed by atoms with Crippen molar-refractivity contribution in [1.82, 2.24) is 24.6 Å². The van der Waals surface area contributed by atoms with E-state index in [1.54, 1.807) is 11.1 Å². The molecule has 2 heterocycles. The van der Waals surface area contributed by atoms with Crippen molar-refractivity contribution in [2.24, 2.45) is 0 Å². The Labute approximate surface area is 125 Å². The van der Waals surface area contributed by atoms with E-state index in [4.69, 9.17) is 0 Å². The molecular weight excluding hydrogens is 266 g/mol. The van der Waals surface area contributed by atoms with Crippen molar-refractivity contribution in [2.45, 2.75) is 40.2 Å². The average molecular weight is 289 g/mol. The summed E-state index contributed by atoms with van der Waals surface area (Å²) in [7, 11) is 1.84. The molecule has 0 saturated carbocycles. The number of nitrogens with one attached hydrogen (secondary N) is 1. The van der Waals surface area contributed by atoms with E-state index in [0.717, 1.165) is 23.6 Å². The van der Waals surface area contributed by atoms with Crippen molar-refractivity contribution in [3.05, 3.63) is 35.2 Å². The molecule has 0 aromatic carbocycles. The Hall–Kier alpha value is -2.11. The van der Waals surface area contributed by atoms with Crippen LogP contribution in [0.2, 0.25) is 0 Å². The molecule has 1 N–H and O–H groups in total. The average Bonchev–Trinajstić information content (AvgIpc) is 3.01. The van der Waals surface area contributed by atoms with Crippen LogP contribution in [0.4, 0.5) is 0 Å². The van der Waals surface area contributed by atoms with Crippen LogP contribution in [0.3, 0.4) is 0 Å². The zero-order valence-corrected chi connectivity index (χ0v) is 13.3. The lowest BCUT2D eigenvalue weighted by Crippen LogP contribution is -2.34. The Morgan fingerprint density at radius 3 is 2.67 bits per heavy atom. The van der Waals surface area contributed by atoms with E-state index >= 15 is 0 Å². The molecule has 2 aromatic rings. The number of imidazole rings is 1. The van der Waals surface area contributed by atoms with Crippen molar-refractivity contribution < 1.29 is 4.79 Å². The van der Waals surface area contributed by atoms with E-state index in [0.29, 0.717) is 6.54 Å². The summed E-state index contributed by atoms with van der Waals surface area (Å²) in [6, 6.07) is -0.232. The molecule has 2 rings (SSSR count). The van der Waals surface area contributed by atoms with Crippen molar-refractivity contribution >= 4 is 5.91 Å². The fourth-order valence-electron chi connectivity index (χ4n) is 2.57. The zero-order chi connectivity index (χ0) is 15.6. The second-order valence-electron chi connectivity index (χ2n) is 5.48. The third-order valence-electron chi connectivity index (χ3n) is 3.99. The highest BCUT2D eigenvalue weighted by molar-refractivity contribution is 5.79. The molecule has 2 aromatic heterocycles. The van der Waals surface area contributed by atoms with Gasteiger partial charge in [0.2, 0.25) is 5.91 Å². The topological polar surface area (TPSA) is 66.8 Å². The first-order valence-electron chi connectivity index (χ1n) is 7.16. The maximum absolute atomic E-state index is 12.5. The Morgan fingerprint density at radius 1 is 1.43 bits per heavy atom. The van der Waals surface area contributed by atoms with Crippen LogP contribution < -0.4 is 0 Å². The first-order chi connectivity index (χ1) is 9.91. The molecule has 0 radical (unpaired) electrons. The Bertz CT molecular complexity index is 608. The van der Waals surface area contributed by atoms with Crippen LogP contribution in [0.25, 0.3) is 0 Å². The van der Waals surface area contributed by atoms with Gasteiger partial charge in [-0.1, -0.05) is 0 Å². The van der Waals surface area contributed by atoms with Crippen molar-refractivity contribution in [2.75, 3.05) is 13.6 Å². The molecule has 0 aliphatic heterocycles. The van der Waals surface area contributed by atoms with Crippen LogP contribution in [0.1, 0.15) is 35.7 Å². The van der Waals surface area contributed by atoms with E-state index in [-0.39, 0.29) is 11.9 Å². The molecule has 0 saturated heterocycles. The van der Waals surface area contributed by atoms with Gasteiger partial charge in [0.15, 0.2) is 0 Å². The third-order valence-corrected chi connectivity index (χ3v) is 3.99. The fraction of sp³-hybridized carbons (Fsp3) is 0.533. The molecule has 1 amide bonds. The van der Waals surface area contributed by atoms with E-state index in [2.05, 4.69) is 15.2 Å². The maximum atomic E-state index is 12.5. The van der Waals surface area contributed by atoms with Gasteiger partial charge in [0.05, 0.1) is 5.69 Å². The van der Waals surface area contributed by atoms with Gasteiger partial charge in [0.25, 0.3) is 0 Å². The second-order valence-corrected chi connectivity index (χ2v) is 5.48. The number of nitrogens with zero attached hydrogens (tertiary/aromatic N) is 4. The van der Waals surface area contributed by atoms with Gasteiger partial charge in [-0.2, -0.15) is 5.10 Å². The Kier molecular flexibility index (Phi) is 4.45. The van der Waals surface area contributed by atoms with Crippen LogP contribution in [-0.4, -0.2) is 44.1 Å². The molecule has 0 spiro atoms. The molecule has 21 heavy (non-hydrogen) atoms. The maximum Gasteiger partial charge on any atom is 0.245 e. The number of aromatic amines is 1. The highest BCUT2D eigenvalue weighted by Gasteiger charge is 2.20. The number of aryl methyl sites for hydroxylation is 3. The summed E-state index contributed by atoms with van der Waals surface area (Å²) in [5, 5.41) is 7.16. The molecule has 0 aliphatic rings. The molecule has 1 unspecified atom stereocenters. The summed E-state index contributed by atoms with van der Waals surface area (Å²) in [5.74, 6) is 0.945. The minimum Gasteiger partial charge on any atom is -0.344 e. The molecule has 0 bridgehead atoms. The van der Waals surface area contributed by atoms with Crippen LogP contribution in [0.15, 0.2) is 12.4 Å². The number of H-pyrrole nitrogens is 1. The summed E-state index contributed by atoms with van der Waals surface area (Å²) in [4.78, 5) is 18.4. The van der Waals surface area contributed by atoms with Crippen LogP contribution in [0.5, 0.6) is 0 Å². The predicted molar refractivity (Wildman–Crippen MR) is 81.1 cm³/mol. The van der Waals surface area contributed by atoms with Gasteiger partial charge in [-0.15, -0.1) is 0 Å². The second kappa shape index (κ2) is 6.11. The largest absolute Gasteiger partial charge is 0.344 e. The lowest BCUT2D eigenvalue weighted by molar-refractivity contribution is -0.133. The van der Waals surface area contributed by atoms with Gasteiger partial charge in [0.1, 0.15) is 11.9 Å². The summed E-state index contributed by atoms with van der Waals surface area (Å²) < 4.78 is 1.90. The van der Waals surface area contributed by atoms with Crippen LogP contribution in [0, 0.1) is 20.8 Å². The summed E-state index contributed by atoms with van der Waals surface area (Å²) in [6.07, 6.45) is 4.37. The van der Waals surface area contributed by atoms with E-state index in [9.17, 15) is 4.79 Å². The summed E-state index contributed by atoms with van der Waals surface area (Å²) in [6.45, 7) is 8.48. The number of aromatic nitrogens is 4. The number of likely N-dealkylation sites (N-methyl/N-ethyl adjacent to an activating group) is 1. The van der Waals surface area contributed by atoms with Gasteiger partial charge in [0, 0.05) is 31.7 Å². The number of rotatable bonds is 5. The summed E-state index contributed by atoms with van der Waals surface area (Å²) >= 11 is 0. The van der Waals surface area contributed by atoms with Crippen LogP contribution in [-0.2, 0) is 11.2 Å². The van der Waals surface area contributed by atoms with Crippen molar-refractivity contribution in [1.29, 1.82) is 0 Å². The molecule has 6 heteroatoms. The molecule has 0 fully saturated rings. The third kappa shape index (κ3) is 3.15. The van der Waals surface area contributed by atoms with Crippen molar-refractivity contribution in [3.8, 4) is 0 Å². The van der Waals surface area contributed by atoms with Gasteiger partial charge in [-0.25, -0.2) is 4.98 Å². The molecule has 1 atom stereocenters. The van der Waals surface area contributed by atoms with Gasteiger partial charge >= 0.3 is 0 Å². The highest BCUT2D eigenvalue weighted by atomic mass is 16.2. The monoisotopic (exact) mass is 289 g/mol. The minimum absolute atomic E-state index is 0.0925. The quantitative estimate of drug-likeness (QED) is 0.912. The molecular formula is C15H23N5O. The molecule has 0 aliphatic carbocycles.